The van der Waals surface area contributed by atoms with Crippen LogP contribution in [0.25, 0.3) is 10.7 Å². The fourth-order valence-corrected chi connectivity index (χ4v) is 4.14. The number of nitrogens with zero attached hydrogens (tertiary/aromatic N) is 3. The summed E-state index contributed by atoms with van der Waals surface area (Å²) in [4.78, 5) is 7.93. The Morgan fingerprint density at radius 3 is 3.10 bits per heavy atom. The van der Waals surface area contributed by atoms with Crippen molar-refractivity contribution in [2.75, 3.05) is 24.5 Å². The van der Waals surface area contributed by atoms with Crippen LogP contribution in [0.1, 0.15) is 12.8 Å². The molecule has 0 spiro atoms. The van der Waals surface area contributed by atoms with Crippen LogP contribution in [0.3, 0.4) is 0 Å². The maximum atomic E-state index is 5.96. The van der Waals surface area contributed by atoms with Gasteiger partial charge in [0.05, 0.1) is 9.21 Å². The van der Waals surface area contributed by atoms with Crippen molar-refractivity contribution in [1.82, 2.24) is 20.5 Å². The Morgan fingerprint density at radius 2 is 2.30 bits per heavy atom. The van der Waals surface area contributed by atoms with Gasteiger partial charge in [0, 0.05) is 19.1 Å². The number of fused-ring (bicyclic) bond motifs is 1. The van der Waals surface area contributed by atoms with Gasteiger partial charge in [-0.3, -0.25) is 5.10 Å². The van der Waals surface area contributed by atoms with E-state index in [1.807, 2.05) is 12.1 Å². The molecule has 0 aliphatic carbocycles. The molecule has 2 saturated heterocycles. The molecule has 0 aromatic carbocycles. The van der Waals surface area contributed by atoms with Crippen molar-refractivity contribution in [1.29, 1.82) is 0 Å². The number of piperidine rings is 1. The predicted molar refractivity (Wildman–Crippen MR) is 81.4 cm³/mol. The minimum atomic E-state index is 0.599. The number of H-pyrrole nitrogens is 1. The average molecular weight is 310 g/mol. The van der Waals surface area contributed by atoms with Crippen molar-refractivity contribution in [2.24, 2.45) is 5.92 Å². The minimum Gasteiger partial charge on any atom is -0.338 e. The van der Waals surface area contributed by atoms with Crippen LogP contribution in [0.2, 0.25) is 4.34 Å². The lowest BCUT2D eigenvalue weighted by Gasteiger charge is -2.24. The first-order valence-electron chi connectivity index (χ1n) is 6.96. The summed E-state index contributed by atoms with van der Waals surface area (Å²) in [6.45, 7) is 3.20. The Bertz CT molecular complexity index is 595. The van der Waals surface area contributed by atoms with Crippen molar-refractivity contribution >= 4 is 28.9 Å². The van der Waals surface area contributed by atoms with Crippen LogP contribution in [0.5, 0.6) is 0 Å². The third-order valence-corrected chi connectivity index (χ3v) is 5.40. The molecule has 2 unspecified atom stereocenters. The Balaban J connectivity index is 1.54. The number of halogens is 1. The van der Waals surface area contributed by atoms with Gasteiger partial charge < -0.3 is 10.2 Å². The average Bonchev–Trinajstić information content (AvgIpc) is 3.16. The third kappa shape index (κ3) is 2.21. The maximum absolute atomic E-state index is 5.96. The lowest BCUT2D eigenvalue weighted by Crippen LogP contribution is -2.40. The van der Waals surface area contributed by atoms with E-state index in [2.05, 4.69) is 25.4 Å². The summed E-state index contributed by atoms with van der Waals surface area (Å²) in [5.74, 6) is 2.35. The number of hydrogen-bond donors (Lipinski definition) is 2. The van der Waals surface area contributed by atoms with E-state index in [9.17, 15) is 0 Å². The highest BCUT2D eigenvalue weighted by atomic mass is 35.5. The first-order chi connectivity index (χ1) is 9.79. The summed E-state index contributed by atoms with van der Waals surface area (Å²) in [7, 11) is 0. The molecule has 2 aliphatic rings. The molecule has 0 saturated carbocycles. The fourth-order valence-electron chi connectivity index (χ4n) is 3.16. The molecule has 7 heteroatoms. The van der Waals surface area contributed by atoms with Crippen molar-refractivity contribution in [3.05, 3.63) is 16.5 Å². The Kier molecular flexibility index (Phi) is 3.17. The topological polar surface area (TPSA) is 56.8 Å². The Morgan fingerprint density at radius 1 is 1.35 bits per heavy atom. The lowest BCUT2D eigenvalue weighted by atomic mass is 9.94. The Hall–Kier alpha value is -1.11. The molecule has 2 aliphatic heterocycles. The molecular formula is C13H16ClN5S. The van der Waals surface area contributed by atoms with Crippen LogP contribution in [0.15, 0.2) is 12.1 Å². The van der Waals surface area contributed by atoms with E-state index in [0.717, 1.165) is 46.5 Å². The smallest absolute Gasteiger partial charge is 0.245 e. The monoisotopic (exact) mass is 309 g/mol. The molecule has 0 bridgehead atoms. The zero-order valence-corrected chi connectivity index (χ0v) is 12.5. The molecule has 2 N–H and O–H groups in total. The third-order valence-electron chi connectivity index (χ3n) is 4.16. The number of anilines is 1. The molecule has 2 aromatic heterocycles. The second kappa shape index (κ2) is 5.02. The van der Waals surface area contributed by atoms with Crippen molar-refractivity contribution in [3.8, 4) is 10.7 Å². The molecule has 4 heterocycles. The SMILES string of the molecule is Clc1ccc(-c2nc(N3CC4CCCNC4C3)n[nH]2)s1. The standard InChI is InChI=1S/C13H16ClN5S/c14-11-4-3-10(20-11)12-16-13(18-17-12)19-6-8-2-1-5-15-9(8)7-19/h3-4,8-9,15H,1-2,5-7H2,(H,16,17,18). The highest BCUT2D eigenvalue weighted by molar-refractivity contribution is 7.19. The zero-order chi connectivity index (χ0) is 13.5. The van der Waals surface area contributed by atoms with E-state index in [0.29, 0.717) is 6.04 Å². The van der Waals surface area contributed by atoms with E-state index < -0.39 is 0 Å². The number of aromatic amines is 1. The molecule has 2 aromatic rings. The largest absolute Gasteiger partial charge is 0.338 e. The van der Waals surface area contributed by atoms with Gasteiger partial charge in [-0.2, -0.15) is 4.98 Å². The zero-order valence-electron chi connectivity index (χ0n) is 11.0. The van der Waals surface area contributed by atoms with Gasteiger partial charge in [0.25, 0.3) is 0 Å². The van der Waals surface area contributed by atoms with Crippen LogP contribution in [-0.2, 0) is 0 Å². The van der Waals surface area contributed by atoms with Crippen LogP contribution in [0.4, 0.5) is 5.95 Å². The van der Waals surface area contributed by atoms with Crippen LogP contribution < -0.4 is 10.2 Å². The fraction of sp³-hybridized carbons (Fsp3) is 0.538. The second-order valence-corrected chi connectivity index (χ2v) is 7.17. The number of aromatic nitrogens is 3. The normalized spacial score (nSPS) is 25.9. The number of nitrogens with one attached hydrogen (secondary N) is 2. The summed E-state index contributed by atoms with van der Waals surface area (Å²) in [5, 5.41) is 11.0. The first-order valence-corrected chi connectivity index (χ1v) is 8.15. The molecule has 0 amide bonds. The van der Waals surface area contributed by atoms with Gasteiger partial charge in [-0.15, -0.1) is 16.4 Å². The number of thiophene rings is 1. The molecule has 2 atom stereocenters. The number of hydrogen-bond acceptors (Lipinski definition) is 5. The molecule has 2 fully saturated rings. The van der Waals surface area contributed by atoms with Crippen LogP contribution in [0, 0.1) is 5.92 Å². The van der Waals surface area contributed by atoms with E-state index >= 15 is 0 Å². The molecule has 4 rings (SSSR count). The van der Waals surface area contributed by atoms with Gasteiger partial charge >= 0.3 is 0 Å². The molecule has 5 nitrogen and oxygen atoms in total. The summed E-state index contributed by atoms with van der Waals surface area (Å²) >= 11 is 7.48. The van der Waals surface area contributed by atoms with Gasteiger partial charge in [0.15, 0.2) is 5.82 Å². The minimum absolute atomic E-state index is 0.599. The van der Waals surface area contributed by atoms with Crippen molar-refractivity contribution in [2.45, 2.75) is 18.9 Å². The first kappa shape index (κ1) is 12.6. The lowest BCUT2D eigenvalue weighted by molar-refractivity contribution is 0.340. The molecular weight excluding hydrogens is 294 g/mol. The van der Waals surface area contributed by atoms with E-state index in [-0.39, 0.29) is 0 Å². The number of rotatable bonds is 2. The molecule has 106 valence electrons. The molecule has 0 radical (unpaired) electrons. The van der Waals surface area contributed by atoms with Gasteiger partial charge in [0.2, 0.25) is 5.95 Å². The van der Waals surface area contributed by atoms with Gasteiger partial charge in [0.1, 0.15) is 0 Å². The second-order valence-electron chi connectivity index (χ2n) is 5.46. The summed E-state index contributed by atoms with van der Waals surface area (Å²) in [6.07, 6.45) is 2.59. The molecule has 20 heavy (non-hydrogen) atoms. The summed E-state index contributed by atoms with van der Waals surface area (Å²) in [5.41, 5.74) is 0. The Labute approximate surface area is 126 Å². The van der Waals surface area contributed by atoms with E-state index in [1.54, 1.807) is 0 Å². The van der Waals surface area contributed by atoms with Gasteiger partial charge in [-0.05, 0) is 37.4 Å². The van der Waals surface area contributed by atoms with E-state index in [4.69, 9.17) is 11.6 Å². The van der Waals surface area contributed by atoms with Crippen molar-refractivity contribution in [3.63, 3.8) is 0 Å². The van der Waals surface area contributed by atoms with Crippen LogP contribution in [-0.4, -0.2) is 40.9 Å². The quantitative estimate of drug-likeness (QED) is 0.894. The van der Waals surface area contributed by atoms with Crippen molar-refractivity contribution < 1.29 is 0 Å². The highest BCUT2D eigenvalue weighted by Crippen LogP contribution is 2.31. The summed E-state index contributed by atoms with van der Waals surface area (Å²) in [6, 6.07) is 4.46. The maximum Gasteiger partial charge on any atom is 0.245 e. The van der Waals surface area contributed by atoms with Gasteiger partial charge in [-0.1, -0.05) is 11.6 Å². The highest BCUT2D eigenvalue weighted by Gasteiger charge is 2.35. The van der Waals surface area contributed by atoms with Gasteiger partial charge in [-0.25, -0.2) is 0 Å². The summed E-state index contributed by atoms with van der Waals surface area (Å²) < 4.78 is 0.773. The van der Waals surface area contributed by atoms with E-state index in [1.165, 1.54) is 24.2 Å². The van der Waals surface area contributed by atoms with Crippen LogP contribution >= 0.6 is 22.9 Å². The predicted octanol–water partition coefficient (Wildman–Crippen LogP) is 2.37.